The van der Waals surface area contributed by atoms with Gasteiger partial charge in [0.2, 0.25) is 0 Å². The lowest BCUT2D eigenvalue weighted by molar-refractivity contribution is 0.245. The first-order valence-corrected chi connectivity index (χ1v) is 7.99. The van der Waals surface area contributed by atoms with Crippen LogP contribution in [-0.4, -0.2) is 41.5 Å². The second kappa shape index (κ2) is 8.38. The molecule has 1 atom stereocenters. The summed E-state index contributed by atoms with van der Waals surface area (Å²) in [6.07, 6.45) is 3.35. The van der Waals surface area contributed by atoms with Gasteiger partial charge in [0.1, 0.15) is 5.82 Å². The Balaban J connectivity index is 2.62. The molecule has 1 aromatic rings. The van der Waals surface area contributed by atoms with Crippen molar-refractivity contribution < 1.29 is 0 Å². The van der Waals surface area contributed by atoms with Gasteiger partial charge in [-0.3, -0.25) is 4.90 Å². The standard InChI is InChI=1S/C14H25N3S/c1-5-13(11-18-4)17(3)10-12-8-7-9-14(16-12)15-6-2/h7-9,13H,5-6,10-11H2,1-4H3,(H,15,16). The molecule has 1 heterocycles. The highest BCUT2D eigenvalue weighted by atomic mass is 32.2. The summed E-state index contributed by atoms with van der Waals surface area (Å²) in [5, 5.41) is 3.26. The monoisotopic (exact) mass is 267 g/mol. The van der Waals surface area contributed by atoms with E-state index in [4.69, 9.17) is 0 Å². The summed E-state index contributed by atoms with van der Waals surface area (Å²) in [5.41, 5.74) is 1.13. The highest BCUT2D eigenvalue weighted by Gasteiger charge is 2.12. The summed E-state index contributed by atoms with van der Waals surface area (Å²) >= 11 is 1.91. The van der Waals surface area contributed by atoms with E-state index in [0.717, 1.165) is 24.6 Å². The van der Waals surface area contributed by atoms with Crippen LogP contribution in [0.2, 0.25) is 0 Å². The molecule has 4 heteroatoms. The first-order valence-electron chi connectivity index (χ1n) is 6.60. The van der Waals surface area contributed by atoms with Crippen LogP contribution >= 0.6 is 11.8 Å². The Labute approximate surface area is 115 Å². The highest BCUT2D eigenvalue weighted by Crippen LogP contribution is 2.12. The average molecular weight is 267 g/mol. The maximum atomic E-state index is 4.62. The van der Waals surface area contributed by atoms with Gasteiger partial charge in [0.05, 0.1) is 5.69 Å². The van der Waals surface area contributed by atoms with Crippen LogP contribution in [0.25, 0.3) is 0 Å². The Morgan fingerprint density at radius 1 is 1.39 bits per heavy atom. The number of hydrogen-bond acceptors (Lipinski definition) is 4. The lowest BCUT2D eigenvalue weighted by atomic mass is 10.2. The normalized spacial score (nSPS) is 12.7. The molecule has 1 unspecified atom stereocenters. The summed E-state index contributed by atoms with van der Waals surface area (Å²) in [4.78, 5) is 7.02. The molecular weight excluding hydrogens is 242 g/mol. The number of rotatable bonds is 8. The lowest BCUT2D eigenvalue weighted by Gasteiger charge is -2.26. The van der Waals surface area contributed by atoms with Gasteiger partial charge < -0.3 is 5.32 Å². The first kappa shape index (κ1) is 15.3. The minimum atomic E-state index is 0.629. The van der Waals surface area contributed by atoms with Gasteiger partial charge in [0.15, 0.2) is 0 Å². The van der Waals surface area contributed by atoms with Crippen LogP contribution < -0.4 is 5.32 Å². The third kappa shape index (κ3) is 4.86. The molecule has 0 amide bonds. The number of hydrogen-bond donors (Lipinski definition) is 1. The zero-order chi connectivity index (χ0) is 13.4. The fourth-order valence-corrected chi connectivity index (χ4v) is 2.86. The maximum Gasteiger partial charge on any atom is 0.126 e. The molecule has 0 aliphatic carbocycles. The Hall–Kier alpha value is -0.740. The van der Waals surface area contributed by atoms with Crippen molar-refractivity contribution >= 4 is 17.6 Å². The molecule has 0 spiro atoms. The minimum Gasteiger partial charge on any atom is -0.370 e. The van der Waals surface area contributed by atoms with E-state index in [1.54, 1.807) is 0 Å². The smallest absolute Gasteiger partial charge is 0.126 e. The summed E-state index contributed by atoms with van der Waals surface area (Å²) in [5.74, 6) is 2.15. The van der Waals surface area contributed by atoms with Crippen molar-refractivity contribution in [2.45, 2.75) is 32.9 Å². The van der Waals surface area contributed by atoms with Gasteiger partial charge in [0.25, 0.3) is 0 Å². The molecule has 0 fully saturated rings. The quantitative estimate of drug-likeness (QED) is 0.783. The minimum absolute atomic E-state index is 0.629. The zero-order valence-electron chi connectivity index (χ0n) is 11.9. The van der Waals surface area contributed by atoms with Crippen molar-refractivity contribution in [1.29, 1.82) is 0 Å². The summed E-state index contributed by atoms with van der Waals surface area (Å²) in [6, 6.07) is 6.82. The fourth-order valence-electron chi connectivity index (χ4n) is 1.98. The van der Waals surface area contributed by atoms with Gasteiger partial charge >= 0.3 is 0 Å². The fraction of sp³-hybridized carbons (Fsp3) is 0.643. The largest absolute Gasteiger partial charge is 0.370 e. The van der Waals surface area contributed by atoms with Crippen molar-refractivity contribution in [1.82, 2.24) is 9.88 Å². The summed E-state index contributed by atoms with van der Waals surface area (Å²) in [7, 11) is 2.19. The Bertz CT molecular complexity index is 344. The molecule has 0 bridgehead atoms. The number of aromatic nitrogens is 1. The molecule has 0 saturated heterocycles. The van der Waals surface area contributed by atoms with Crippen LogP contribution in [0, 0.1) is 0 Å². The number of anilines is 1. The van der Waals surface area contributed by atoms with Gasteiger partial charge in [-0.25, -0.2) is 4.98 Å². The van der Waals surface area contributed by atoms with Crippen molar-refractivity contribution in [2.75, 3.05) is 30.9 Å². The molecule has 0 aromatic carbocycles. The molecule has 1 rings (SSSR count). The van der Waals surface area contributed by atoms with Gasteiger partial charge in [-0.15, -0.1) is 0 Å². The predicted molar refractivity (Wildman–Crippen MR) is 82.3 cm³/mol. The summed E-state index contributed by atoms with van der Waals surface area (Å²) in [6.45, 7) is 6.17. The molecule has 102 valence electrons. The van der Waals surface area contributed by atoms with E-state index in [-0.39, 0.29) is 0 Å². The number of pyridine rings is 1. The highest BCUT2D eigenvalue weighted by molar-refractivity contribution is 7.98. The van der Waals surface area contributed by atoms with Crippen molar-refractivity contribution in [3.63, 3.8) is 0 Å². The van der Waals surface area contributed by atoms with Crippen molar-refractivity contribution in [3.8, 4) is 0 Å². The second-order valence-electron chi connectivity index (χ2n) is 4.48. The topological polar surface area (TPSA) is 28.2 Å². The molecule has 3 nitrogen and oxygen atoms in total. The van der Waals surface area contributed by atoms with Gasteiger partial charge in [-0.05, 0) is 38.8 Å². The maximum absolute atomic E-state index is 4.62. The van der Waals surface area contributed by atoms with E-state index in [0.29, 0.717) is 6.04 Å². The van der Waals surface area contributed by atoms with Gasteiger partial charge in [-0.1, -0.05) is 13.0 Å². The van der Waals surface area contributed by atoms with Crippen LogP contribution in [0.1, 0.15) is 26.0 Å². The van der Waals surface area contributed by atoms with Gasteiger partial charge in [0, 0.05) is 24.9 Å². The molecule has 0 saturated carbocycles. The van der Waals surface area contributed by atoms with Crippen LogP contribution in [0.5, 0.6) is 0 Å². The van der Waals surface area contributed by atoms with Crippen molar-refractivity contribution in [3.05, 3.63) is 23.9 Å². The third-order valence-corrected chi connectivity index (χ3v) is 3.75. The van der Waals surface area contributed by atoms with E-state index in [2.05, 4.69) is 54.5 Å². The Morgan fingerprint density at radius 2 is 2.17 bits per heavy atom. The average Bonchev–Trinajstić information content (AvgIpc) is 2.36. The molecule has 0 radical (unpaired) electrons. The third-order valence-electron chi connectivity index (χ3n) is 3.03. The van der Waals surface area contributed by atoms with E-state index in [9.17, 15) is 0 Å². The van der Waals surface area contributed by atoms with Crippen LogP contribution in [0.4, 0.5) is 5.82 Å². The molecule has 18 heavy (non-hydrogen) atoms. The molecule has 1 aromatic heterocycles. The molecule has 1 N–H and O–H groups in total. The first-order chi connectivity index (χ1) is 8.71. The van der Waals surface area contributed by atoms with Crippen LogP contribution in [-0.2, 0) is 6.54 Å². The SMILES string of the molecule is CCNc1cccc(CN(C)C(CC)CSC)n1. The van der Waals surface area contributed by atoms with E-state index in [1.165, 1.54) is 12.2 Å². The van der Waals surface area contributed by atoms with E-state index < -0.39 is 0 Å². The number of thioether (sulfide) groups is 1. The Kier molecular flexibility index (Phi) is 7.13. The molecule has 0 aliphatic heterocycles. The zero-order valence-corrected chi connectivity index (χ0v) is 12.8. The van der Waals surface area contributed by atoms with Crippen LogP contribution in [0.3, 0.4) is 0 Å². The second-order valence-corrected chi connectivity index (χ2v) is 5.39. The molecular formula is C14H25N3S. The van der Waals surface area contributed by atoms with Gasteiger partial charge in [-0.2, -0.15) is 11.8 Å². The number of nitrogens with zero attached hydrogens (tertiary/aromatic N) is 2. The predicted octanol–water partition coefficient (Wildman–Crippen LogP) is 3.09. The van der Waals surface area contributed by atoms with Crippen molar-refractivity contribution in [2.24, 2.45) is 0 Å². The molecule has 0 aliphatic rings. The summed E-state index contributed by atoms with van der Waals surface area (Å²) < 4.78 is 0. The Morgan fingerprint density at radius 3 is 2.78 bits per heavy atom. The van der Waals surface area contributed by atoms with E-state index >= 15 is 0 Å². The van der Waals surface area contributed by atoms with Crippen LogP contribution in [0.15, 0.2) is 18.2 Å². The number of nitrogens with one attached hydrogen (secondary N) is 1. The van der Waals surface area contributed by atoms with E-state index in [1.807, 2.05) is 17.8 Å². The lowest BCUT2D eigenvalue weighted by Crippen LogP contribution is -2.33.